The Kier molecular flexibility index (Phi) is 6.37. The molecule has 0 aliphatic heterocycles. The third-order valence-electron chi connectivity index (χ3n) is 1.74. The fourth-order valence-corrected chi connectivity index (χ4v) is 2.06. The summed E-state index contributed by atoms with van der Waals surface area (Å²) in [6.45, 7) is 1.65. The van der Waals surface area contributed by atoms with E-state index in [1.54, 1.807) is 20.8 Å². The molecule has 0 aromatic rings. The highest BCUT2D eigenvalue weighted by molar-refractivity contribution is 8.05. The number of carbonyl (C=O) groups excluding carboxylic acids is 2. The summed E-state index contributed by atoms with van der Waals surface area (Å²) >= 11 is 4.05. The number of hydrogen-bond acceptors (Lipinski definition) is 7. The fraction of sp³-hybridized carbons (Fsp3) is 0.778. The third kappa shape index (κ3) is 8.90. The molecule has 0 saturated heterocycles. The predicted molar refractivity (Wildman–Crippen MR) is 67.2 cm³/mol. The predicted octanol–water partition coefficient (Wildman–Crippen LogP) is -1.28. The molecule has 0 aromatic heterocycles. The zero-order valence-corrected chi connectivity index (χ0v) is 12.7. The van der Waals surface area contributed by atoms with E-state index in [1.807, 2.05) is 0 Å². The summed E-state index contributed by atoms with van der Waals surface area (Å²) in [6.07, 6.45) is -2.15. The van der Waals surface area contributed by atoms with Gasteiger partial charge in [-0.1, -0.05) is 6.72 Å². The summed E-state index contributed by atoms with van der Waals surface area (Å²) in [6, 6.07) is -1.37. The summed E-state index contributed by atoms with van der Waals surface area (Å²) in [5, 5.41) is 2.13. The van der Waals surface area contributed by atoms with Crippen molar-refractivity contribution in [3.05, 3.63) is 0 Å². The molecular formula is C9H17N2O6PS-2. The van der Waals surface area contributed by atoms with Gasteiger partial charge in [0.2, 0.25) is 5.91 Å². The molecule has 2 unspecified atom stereocenters. The van der Waals surface area contributed by atoms with Crippen LogP contribution in [0.2, 0.25) is 0 Å². The van der Waals surface area contributed by atoms with Gasteiger partial charge in [0.1, 0.15) is 11.6 Å². The van der Waals surface area contributed by atoms with Crippen molar-refractivity contribution in [3.63, 3.8) is 0 Å². The minimum Gasteiger partial charge on any atom is -0.812 e. The summed E-state index contributed by atoms with van der Waals surface area (Å²) in [7, 11) is 0. The van der Waals surface area contributed by atoms with Crippen molar-refractivity contribution in [1.82, 2.24) is 5.32 Å². The lowest BCUT2D eigenvalue weighted by molar-refractivity contribution is -0.324. The third-order valence-corrected chi connectivity index (χ3v) is 2.59. The Morgan fingerprint density at radius 1 is 1.37 bits per heavy atom. The molecule has 0 aromatic carbocycles. The number of hydrogen-bond donors (Lipinski definition) is 2. The maximum atomic E-state index is 11.5. The second-order valence-electron chi connectivity index (χ2n) is 4.78. The van der Waals surface area contributed by atoms with E-state index >= 15 is 0 Å². The average molecular weight is 312 g/mol. The molecule has 2 amide bonds. The van der Waals surface area contributed by atoms with Crippen LogP contribution >= 0.6 is 6.72 Å². The molecule has 0 aliphatic rings. The minimum absolute atomic E-state index is 0.776. The molecule has 0 heterocycles. The van der Waals surface area contributed by atoms with Crippen molar-refractivity contribution < 1.29 is 28.6 Å². The zero-order chi connectivity index (χ0) is 15.4. The van der Waals surface area contributed by atoms with Gasteiger partial charge in [0.05, 0.1) is 6.10 Å². The number of ether oxygens (including phenoxy) is 1. The maximum absolute atomic E-state index is 11.5. The van der Waals surface area contributed by atoms with Gasteiger partial charge in [-0.15, -0.1) is 11.8 Å². The first-order valence-corrected chi connectivity index (χ1v) is 7.87. The summed E-state index contributed by atoms with van der Waals surface area (Å²) < 4.78 is 9.35. The van der Waals surface area contributed by atoms with E-state index in [9.17, 15) is 19.4 Å². The van der Waals surface area contributed by atoms with E-state index in [0.717, 1.165) is 0 Å². The summed E-state index contributed by atoms with van der Waals surface area (Å²) in [5.41, 5.74) is 4.28. The topological polar surface area (TPSA) is 137 Å². The molecule has 8 nitrogen and oxygen atoms in total. The summed E-state index contributed by atoms with van der Waals surface area (Å²) in [5.74, 6) is -0.971. The Balaban J connectivity index is 4.72. The second-order valence-corrected chi connectivity index (χ2v) is 7.23. The quantitative estimate of drug-likeness (QED) is 0.603. The fourth-order valence-electron chi connectivity index (χ4n) is 1.12. The first-order chi connectivity index (χ1) is 8.32. The highest BCUT2D eigenvalue weighted by Gasteiger charge is 2.28. The van der Waals surface area contributed by atoms with Crippen molar-refractivity contribution in [2.24, 2.45) is 5.73 Å². The molecule has 19 heavy (non-hydrogen) atoms. The Morgan fingerprint density at radius 2 is 1.84 bits per heavy atom. The number of amides is 2. The highest BCUT2D eigenvalue weighted by atomic mass is 32.5. The highest BCUT2D eigenvalue weighted by Crippen LogP contribution is 2.28. The molecular weight excluding hydrogens is 295 g/mol. The standard InChI is InChI=1S/C9H19N2O6PS/c1-5(17-18(14,15)19)6(7(10)12)11-8(13)16-9(2,3)4/h5-6H,1-4H3,(H2,10,12)(H,11,13)(H2,14,15,19)/p-2. The van der Waals surface area contributed by atoms with Gasteiger partial charge in [-0.25, -0.2) is 4.79 Å². The van der Waals surface area contributed by atoms with E-state index < -0.39 is 36.5 Å². The van der Waals surface area contributed by atoms with Crippen LogP contribution in [-0.2, 0) is 25.9 Å². The monoisotopic (exact) mass is 312 g/mol. The molecule has 0 aliphatic carbocycles. The Morgan fingerprint density at radius 3 is 2.16 bits per heavy atom. The van der Waals surface area contributed by atoms with Gasteiger partial charge in [-0.05, 0) is 27.7 Å². The van der Waals surface area contributed by atoms with Crippen LogP contribution in [0.4, 0.5) is 4.79 Å². The molecule has 0 spiro atoms. The van der Waals surface area contributed by atoms with Crippen LogP contribution in [0.1, 0.15) is 27.7 Å². The number of nitrogens with one attached hydrogen (secondary N) is 1. The maximum Gasteiger partial charge on any atom is 0.408 e. The Labute approximate surface area is 116 Å². The summed E-state index contributed by atoms with van der Waals surface area (Å²) in [4.78, 5) is 44.3. The van der Waals surface area contributed by atoms with E-state index in [2.05, 4.69) is 21.6 Å². The lowest BCUT2D eigenvalue weighted by atomic mass is 10.2. The van der Waals surface area contributed by atoms with Crippen LogP contribution in [0.5, 0.6) is 0 Å². The van der Waals surface area contributed by atoms with Crippen molar-refractivity contribution in [1.29, 1.82) is 0 Å². The average Bonchev–Trinajstić information content (AvgIpc) is 2.07. The van der Waals surface area contributed by atoms with Crippen LogP contribution < -0.4 is 20.8 Å². The molecule has 3 N–H and O–H groups in total. The molecule has 0 radical (unpaired) electrons. The van der Waals surface area contributed by atoms with Crippen molar-refractivity contribution >= 4 is 30.5 Å². The number of primary amides is 1. The van der Waals surface area contributed by atoms with Crippen molar-refractivity contribution in [2.75, 3.05) is 0 Å². The van der Waals surface area contributed by atoms with Gasteiger partial charge in [-0.3, -0.25) is 4.79 Å². The molecule has 112 valence electrons. The van der Waals surface area contributed by atoms with E-state index in [1.165, 1.54) is 6.92 Å². The van der Waals surface area contributed by atoms with Gasteiger partial charge >= 0.3 is 6.09 Å². The lowest BCUT2D eigenvalue weighted by Crippen LogP contribution is -2.52. The van der Waals surface area contributed by atoms with Crippen molar-refractivity contribution in [2.45, 2.75) is 45.4 Å². The SMILES string of the molecule is CC(OP([O-])([O-])=S)C(NC(=O)OC(C)(C)C)C(N)=O. The number of alkyl carbamates (subject to hydrolysis) is 1. The van der Waals surface area contributed by atoms with E-state index in [0.29, 0.717) is 0 Å². The number of carbonyl (C=O) groups is 2. The van der Waals surface area contributed by atoms with Gasteiger partial charge in [0.25, 0.3) is 0 Å². The van der Waals surface area contributed by atoms with Crippen LogP contribution in [0.25, 0.3) is 0 Å². The van der Waals surface area contributed by atoms with Gasteiger partial charge in [0, 0.05) is 0 Å². The molecule has 0 fully saturated rings. The Hall–Kier alpha value is -0.730. The van der Waals surface area contributed by atoms with Crippen molar-refractivity contribution in [3.8, 4) is 0 Å². The first-order valence-electron chi connectivity index (χ1n) is 5.31. The second kappa shape index (κ2) is 6.62. The first kappa shape index (κ1) is 18.3. The van der Waals surface area contributed by atoms with Gasteiger partial charge < -0.3 is 30.1 Å². The largest absolute Gasteiger partial charge is 0.812 e. The lowest BCUT2D eigenvalue weighted by Gasteiger charge is -2.38. The molecule has 10 heteroatoms. The molecule has 0 saturated carbocycles. The van der Waals surface area contributed by atoms with Crippen LogP contribution in [0, 0.1) is 0 Å². The van der Waals surface area contributed by atoms with Crippen LogP contribution in [0.15, 0.2) is 0 Å². The molecule has 0 rings (SSSR count). The normalized spacial score (nSPS) is 15.5. The van der Waals surface area contributed by atoms with Crippen LogP contribution in [0.3, 0.4) is 0 Å². The Bertz CT molecular complexity index is 391. The molecule has 2 atom stereocenters. The van der Waals surface area contributed by atoms with Gasteiger partial charge in [0.15, 0.2) is 0 Å². The van der Waals surface area contributed by atoms with E-state index in [4.69, 9.17) is 10.5 Å². The smallest absolute Gasteiger partial charge is 0.408 e. The number of nitrogens with two attached hydrogens (primary N) is 1. The van der Waals surface area contributed by atoms with Crippen LogP contribution in [-0.4, -0.2) is 29.7 Å². The number of rotatable bonds is 5. The minimum atomic E-state index is -4.47. The van der Waals surface area contributed by atoms with Gasteiger partial charge in [-0.2, -0.15) is 0 Å². The van der Waals surface area contributed by atoms with E-state index in [-0.39, 0.29) is 0 Å². The zero-order valence-electron chi connectivity index (χ0n) is 11.0. The molecule has 0 bridgehead atoms.